The van der Waals surface area contributed by atoms with Crippen LogP contribution in [-0.4, -0.2) is 27.3 Å². The van der Waals surface area contributed by atoms with Crippen molar-refractivity contribution in [3.05, 3.63) is 29.5 Å². The fraction of sp³-hybridized carbons (Fsp3) is 0.417. The van der Waals surface area contributed by atoms with Crippen LogP contribution in [-0.2, 0) is 16.0 Å². The second-order valence-electron chi connectivity index (χ2n) is 3.05. The summed E-state index contributed by atoms with van der Waals surface area (Å²) in [6, 6.07) is 1.79. The highest BCUT2D eigenvalue weighted by Gasteiger charge is 2.08. The maximum atomic E-state index is 11.2. The largest absolute Gasteiger partial charge is 0.466 e. The molecular formula is C12H17N3O2S. The molecular weight excluding hydrogens is 250 g/mol. The number of carbonyl (C=O) groups excluding carboxylic acids is 1. The van der Waals surface area contributed by atoms with E-state index in [0.717, 1.165) is 5.13 Å². The van der Waals surface area contributed by atoms with Gasteiger partial charge < -0.3 is 4.74 Å². The third kappa shape index (κ3) is 3.96. The monoisotopic (exact) mass is 267 g/mol. The summed E-state index contributed by atoms with van der Waals surface area (Å²) in [5, 5.41) is 6.90. The van der Waals surface area contributed by atoms with Gasteiger partial charge in [0.2, 0.25) is 5.13 Å². The highest BCUT2D eigenvalue weighted by molar-refractivity contribution is 7.12. The van der Waals surface area contributed by atoms with Crippen LogP contribution in [0.15, 0.2) is 23.8 Å². The lowest BCUT2D eigenvalue weighted by molar-refractivity contribution is -0.142. The van der Waals surface area contributed by atoms with E-state index in [1.165, 1.54) is 11.3 Å². The Labute approximate surface area is 110 Å². The molecule has 2 rings (SSSR count). The first-order valence-electron chi connectivity index (χ1n) is 5.89. The van der Waals surface area contributed by atoms with Gasteiger partial charge in [-0.25, -0.2) is 9.67 Å². The van der Waals surface area contributed by atoms with E-state index >= 15 is 0 Å². The molecule has 18 heavy (non-hydrogen) atoms. The molecule has 0 aliphatic carbocycles. The Bertz CT molecular complexity index is 465. The Hall–Kier alpha value is -1.69. The summed E-state index contributed by atoms with van der Waals surface area (Å²) in [4.78, 5) is 15.3. The van der Waals surface area contributed by atoms with Crippen LogP contribution in [0.2, 0.25) is 0 Å². The van der Waals surface area contributed by atoms with Crippen LogP contribution in [0.1, 0.15) is 26.5 Å². The summed E-state index contributed by atoms with van der Waals surface area (Å²) < 4.78 is 6.50. The smallest absolute Gasteiger partial charge is 0.311 e. The molecule has 0 aliphatic rings. The van der Waals surface area contributed by atoms with Crippen molar-refractivity contribution in [2.24, 2.45) is 0 Å². The Morgan fingerprint density at radius 2 is 2.28 bits per heavy atom. The van der Waals surface area contributed by atoms with Crippen molar-refractivity contribution in [1.82, 2.24) is 14.8 Å². The van der Waals surface area contributed by atoms with E-state index in [9.17, 15) is 4.79 Å². The molecule has 0 amide bonds. The van der Waals surface area contributed by atoms with Crippen molar-refractivity contribution in [1.29, 1.82) is 0 Å². The summed E-state index contributed by atoms with van der Waals surface area (Å²) in [7, 11) is 0. The highest BCUT2D eigenvalue weighted by atomic mass is 32.1. The molecule has 0 saturated heterocycles. The molecule has 0 radical (unpaired) electrons. The Morgan fingerprint density at radius 3 is 2.89 bits per heavy atom. The molecule has 0 aliphatic heterocycles. The van der Waals surface area contributed by atoms with Crippen molar-refractivity contribution in [2.45, 2.75) is 27.2 Å². The van der Waals surface area contributed by atoms with E-state index in [-0.39, 0.29) is 12.4 Å². The second kappa shape index (κ2) is 7.60. The van der Waals surface area contributed by atoms with Gasteiger partial charge in [-0.1, -0.05) is 13.8 Å². The quantitative estimate of drug-likeness (QED) is 0.798. The van der Waals surface area contributed by atoms with Gasteiger partial charge in [-0.05, 0) is 13.0 Å². The Kier molecular flexibility index (Phi) is 6.07. The Balaban J connectivity index is 0.000000771. The molecule has 0 unspecified atom stereocenters. The number of carbonyl (C=O) groups is 1. The summed E-state index contributed by atoms with van der Waals surface area (Å²) >= 11 is 1.49. The average Bonchev–Trinajstić information content (AvgIpc) is 3.01. The van der Waals surface area contributed by atoms with Gasteiger partial charge in [0.15, 0.2) is 0 Å². The first kappa shape index (κ1) is 14.4. The molecule has 0 atom stereocenters. The number of hydrogen-bond acceptors (Lipinski definition) is 5. The van der Waals surface area contributed by atoms with E-state index in [0.29, 0.717) is 12.3 Å². The molecule has 98 valence electrons. The van der Waals surface area contributed by atoms with Gasteiger partial charge in [-0.2, -0.15) is 5.10 Å². The summed E-state index contributed by atoms with van der Waals surface area (Å²) in [6.45, 7) is 6.18. The van der Waals surface area contributed by atoms with Crippen LogP contribution < -0.4 is 0 Å². The molecule has 0 N–H and O–H groups in total. The third-order valence-corrected chi connectivity index (χ3v) is 2.65. The number of nitrogens with zero attached hydrogens (tertiary/aromatic N) is 3. The molecule has 2 aromatic heterocycles. The molecule has 5 nitrogen and oxygen atoms in total. The van der Waals surface area contributed by atoms with Crippen LogP contribution in [0.5, 0.6) is 0 Å². The zero-order valence-electron chi connectivity index (χ0n) is 10.8. The zero-order chi connectivity index (χ0) is 13.4. The van der Waals surface area contributed by atoms with Gasteiger partial charge in [0.1, 0.15) is 0 Å². The second-order valence-corrected chi connectivity index (χ2v) is 3.92. The third-order valence-electron chi connectivity index (χ3n) is 1.89. The lowest BCUT2D eigenvalue weighted by Crippen LogP contribution is -2.08. The predicted octanol–water partition coefficient (Wildman–Crippen LogP) is 2.46. The molecule has 6 heteroatoms. The zero-order valence-corrected chi connectivity index (χ0v) is 11.6. The predicted molar refractivity (Wildman–Crippen MR) is 70.9 cm³/mol. The van der Waals surface area contributed by atoms with Gasteiger partial charge in [-0.15, -0.1) is 11.3 Å². The van der Waals surface area contributed by atoms with Gasteiger partial charge >= 0.3 is 5.97 Å². The fourth-order valence-electron chi connectivity index (χ4n) is 1.25. The van der Waals surface area contributed by atoms with Gasteiger partial charge in [0.05, 0.1) is 18.7 Å². The Morgan fingerprint density at radius 1 is 1.50 bits per heavy atom. The normalized spacial score (nSPS) is 9.50. The number of ether oxygens (including phenoxy) is 1. The van der Waals surface area contributed by atoms with E-state index in [4.69, 9.17) is 4.74 Å². The highest BCUT2D eigenvalue weighted by Crippen LogP contribution is 2.10. The minimum Gasteiger partial charge on any atom is -0.466 e. The lowest BCUT2D eigenvalue weighted by atomic mass is 10.3. The molecule has 0 fully saturated rings. The molecule has 0 aromatic carbocycles. The van der Waals surface area contributed by atoms with Crippen LogP contribution in [0.25, 0.3) is 5.13 Å². The minimum atomic E-state index is -0.258. The van der Waals surface area contributed by atoms with Crippen molar-refractivity contribution < 1.29 is 9.53 Å². The maximum absolute atomic E-state index is 11.2. The number of thiazole rings is 1. The average molecular weight is 267 g/mol. The standard InChI is InChI=1S/C10H11N3O2S.C2H6/c1-2-15-9(14)7-8-3-5-13(12-8)10-11-4-6-16-10;1-2/h3-6H,2,7H2,1H3;1-2H3. The van der Waals surface area contributed by atoms with Crippen molar-refractivity contribution in [3.8, 4) is 5.13 Å². The van der Waals surface area contributed by atoms with Gasteiger partial charge in [-0.3, -0.25) is 4.79 Å². The van der Waals surface area contributed by atoms with E-state index in [2.05, 4.69) is 10.1 Å². The minimum absolute atomic E-state index is 0.201. The molecule has 0 bridgehead atoms. The van der Waals surface area contributed by atoms with Crippen LogP contribution in [0.4, 0.5) is 0 Å². The molecule has 0 spiro atoms. The lowest BCUT2D eigenvalue weighted by Gasteiger charge is -1.98. The molecule has 2 aromatic rings. The van der Waals surface area contributed by atoms with Crippen LogP contribution in [0.3, 0.4) is 0 Å². The van der Waals surface area contributed by atoms with Crippen molar-refractivity contribution in [2.75, 3.05) is 6.61 Å². The number of hydrogen-bond donors (Lipinski definition) is 0. The summed E-state index contributed by atoms with van der Waals surface area (Å²) in [6.07, 6.45) is 3.70. The fourth-order valence-corrected chi connectivity index (χ4v) is 1.83. The summed E-state index contributed by atoms with van der Waals surface area (Å²) in [5.41, 5.74) is 0.689. The maximum Gasteiger partial charge on any atom is 0.311 e. The topological polar surface area (TPSA) is 57.0 Å². The van der Waals surface area contributed by atoms with E-state index < -0.39 is 0 Å². The number of rotatable bonds is 4. The van der Waals surface area contributed by atoms with Crippen molar-refractivity contribution in [3.63, 3.8) is 0 Å². The molecule has 0 saturated carbocycles. The summed E-state index contributed by atoms with van der Waals surface area (Å²) in [5.74, 6) is -0.258. The van der Waals surface area contributed by atoms with E-state index in [1.807, 2.05) is 19.2 Å². The van der Waals surface area contributed by atoms with E-state index in [1.54, 1.807) is 30.1 Å². The van der Waals surface area contributed by atoms with Gasteiger partial charge in [0.25, 0.3) is 0 Å². The first-order valence-corrected chi connectivity index (χ1v) is 6.77. The SMILES string of the molecule is CC.CCOC(=O)Cc1ccn(-c2nccs2)n1. The number of aromatic nitrogens is 3. The van der Waals surface area contributed by atoms with Crippen LogP contribution in [0, 0.1) is 0 Å². The molecule has 2 heterocycles. The van der Waals surface area contributed by atoms with Crippen LogP contribution >= 0.6 is 11.3 Å². The van der Waals surface area contributed by atoms with Gasteiger partial charge in [0, 0.05) is 17.8 Å². The number of esters is 1. The first-order chi connectivity index (χ1) is 8.79. The van der Waals surface area contributed by atoms with Crippen molar-refractivity contribution >= 4 is 17.3 Å².